The number of benzene rings is 1. The molecule has 0 aromatic heterocycles. The lowest BCUT2D eigenvalue weighted by Gasteiger charge is -2.25. The zero-order valence-electron chi connectivity index (χ0n) is 13.2. The molecule has 2 saturated heterocycles. The number of rotatable bonds is 3. The molecule has 3 atom stereocenters. The van der Waals surface area contributed by atoms with Gasteiger partial charge in [-0.05, 0) is 53.9 Å². The Morgan fingerprint density at radius 3 is 2.74 bits per heavy atom. The second-order valence-corrected chi connectivity index (χ2v) is 7.39. The summed E-state index contributed by atoms with van der Waals surface area (Å²) in [5, 5.41) is 0. The molecular formula is C17H22BrN3O2. The number of amides is 2. The summed E-state index contributed by atoms with van der Waals surface area (Å²) in [5.74, 6) is 0.229. The molecule has 1 aromatic rings. The molecule has 5 nitrogen and oxygen atoms in total. The maximum absolute atomic E-state index is 12.8. The van der Waals surface area contributed by atoms with Crippen molar-refractivity contribution in [1.29, 1.82) is 0 Å². The Bertz CT molecular complexity index is 622. The molecule has 0 saturated carbocycles. The Hall–Kier alpha value is -1.40. The van der Waals surface area contributed by atoms with Gasteiger partial charge in [-0.3, -0.25) is 9.59 Å². The molecule has 2 N–H and O–H groups in total. The van der Waals surface area contributed by atoms with Gasteiger partial charge in [-0.15, -0.1) is 0 Å². The highest BCUT2D eigenvalue weighted by molar-refractivity contribution is 9.10. The van der Waals surface area contributed by atoms with E-state index in [2.05, 4.69) is 22.9 Å². The van der Waals surface area contributed by atoms with E-state index in [1.807, 2.05) is 29.2 Å². The lowest BCUT2D eigenvalue weighted by atomic mass is 10.1. The molecule has 6 heteroatoms. The Morgan fingerprint density at radius 2 is 2.09 bits per heavy atom. The molecule has 0 radical (unpaired) electrons. The first-order valence-corrected chi connectivity index (χ1v) is 8.86. The highest BCUT2D eigenvalue weighted by Gasteiger charge is 2.41. The van der Waals surface area contributed by atoms with Crippen LogP contribution in [0.4, 0.5) is 5.69 Å². The summed E-state index contributed by atoms with van der Waals surface area (Å²) >= 11 is 3.48. The van der Waals surface area contributed by atoms with Crippen molar-refractivity contribution in [2.24, 2.45) is 17.6 Å². The molecule has 2 amide bonds. The third kappa shape index (κ3) is 3.15. The Kier molecular flexibility index (Phi) is 4.73. The maximum Gasteiger partial charge on any atom is 0.228 e. The van der Waals surface area contributed by atoms with Crippen molar-refractivity contribution >= 4 is 33.4 Å². The molecule has 2 aliphatic heterocycles. The van der Waals surface area contributed by atoms with Crippen molar-refractivity contribution in [3.63, 3.8) is 0 Å². The fourth-order valence-corrected chi connectivity index (χ4v) is 4.13. The summed E-state index contributed by atoms with van der Waals surface area (Å²) in [6.45, 7) is 3.85. The van der Waals surface area contributed by atoms with E-state index in [0.29, 0.717) is 19.0 Å². The summed E-state index contributed by atoms with van der Waals surface area (Å²) < 4.78 is 0.874. The van der Waals surface area contributed by atoms with Gasteiger partial charge in [0.1, 0.15) is 0 Å². The lowest BCUT2D eigenvalue weighted by molar-refractivity contribution is -0.136. The van der Waals surface area contributed by atoms with Crippen molar-refractivity contribution in [2.75, 3.05) is 24.5 Å². The molecule has 3 rings (SSSR count). The molecular weight excluding hydrogens is 358 g/mol. The minimum atomic E-state index is -0.256. The fraction of sp³-hybridized carbons (Fsp3) is 0.529. The van der Waals surface area contributed by atoms with Crippen molar-refractivity contribution in [3.05, 3.63) is 28.7 Å². The van der Waals surface area contributed by atoms with Crippen LogP contribution in [0.5, 0.6) is 0 Å². The van der Waals surface area contributed by atoms with Crippen molar-refractivity contribution in [3.8, 4) is 0 Å². The molecule has 124 valence electrons. The van der Waals surface area contributed by atoms with Crippen LogP contribution in [0.25, 0.3) is 0 Å². The van der Waals surface area contributed by atoms with Crippen LogP contribution < -0.4 is 10.6 Å². The zero-order valence-corrected chi connectivity index (χ0v) is 14.8. The number of carbonyl (C=O) groups is 2. The van der Waals surface area contributed by atoms with E-state index < -0.39 is 0 Å². The molecule has 0 bridgehead atoms. The Balaban J connectivity index is 1.73. The smallest absolute Gasteiger partial charge is 0.228 e. The summed E-state index contributed by atoms with van der Waals surface area (Å²) in [6, 6.07) is 7.83. The lowest BCUT2D eigenvalue weighted by Crippen LogP contribution is -2.40. The van der Waals surface area contributed by atoms with E-state index >= 15 is 0 Å². The topological polar surface area (TPSA) is 66.6 Å². The Labute approximate surface area is 144 Å². The quantitative estimate of drug-likeness (QED) is 0.872. The van der Waals surface area contributed by atoms with E-state index in [-0.39, 0.29) is 30.2 Å². The standard InChI is InChI=1S/C17H22BrN3O2/c1-11-6-12(8-19)9-20(11)17(23)13-7-16(22)21(10-13)15-5-3-2-4-14(15)18/h2-5,11-13H,6-10,19H2,1H3. The average molecular weight is 380 g/mol. The minimum absolute atomic E-state index is 0.0116. The van der Waals surface area contributed by atoms with Gasteiger partial charge in [0.2, 0.25) is 11.8 Å². The Morgan fingerprint density at radius 1 is 1.35 bits per heavy atom. The average Bonchev–Trinajstić information content (AvgIpc) is 3.10. The SMILES string of the molecule is CC1CC(CN)CN1C(=O)C1CC(=O)N(c2ccccc2Br)C1. The monoisotopic (exact) mass is 379 g/mol. The van der Waals surface area contributed by atoms with Gasteiger partial charge in [0.15, 0.2) is 0 Å². The first-order chi connectivity index (χ1) is 11.0. The normalized spacial score (nSPS) is 27.8. The molecule has 23 heavy (non-hydrogen) atoms. The van der Waals surface area contributed by atoms with Gasteiger partial charge in [0, 0.05) is 30.0 Å². The van der Waals surface area contributed by atoms with Gasteiger partial charge < -0.3 is 15.5 Å². The summed E-state index contributed by atoms with van der Waals surface area (Å²) in [5.41, 5.74) is 6.58. The summed E-state index contributed by atoms with van der Waals surface area (Å²) in [4.78, 5) is 28.8. The number of halogens is 1. The van der Waals surface area contributed by atoms with Gasteiger partial charge in [0.05, 0.1) is 11.6 Å². The van der Waals surface area contributed by atoms with Crippen LogP contribution in [-0.4, -0.2) is 42.4 Å². The zero-order chi connectivity index (χ0) is 16.6. The number of hydrogen-bond donors (Lipinski definition) is 1. The van der Waals surface area contributed by atoms with Crippen LogP contribution in [0, 0.1) is 11.8 Å². The van der Waals surface area contributed by atoms with E-state index in [4.69, 9.17) is 5.73 Å². The molecule has 3 unspecified atom stereocenters. The number of likely N-dealkylation sites (tertiary alicyclic amines) is 1. The summed E-state index contributed by atoms with van der Waals surface area (Å²) in [7, 11) is 0. The van der Waals surface area contributed by atoms with Crippen molar-refractivity contribution < 1.29 is 9.59 Å². The van der Waals surface area contributed by atoms with E-state index in [1.165, 1.54) is 0 Å². The van der Waals surface area contributed by atoms with Gasteiger partial charge in [-0.1, -0.05) is 12.1 Å². The van der Waals surface area contributed by atoms with Gasteiger partial charge >= 0.3 is 0 Å². The molecule has 0 aliphatic carbocycles. The number of nitrogens with two attached hydrogens (primary N) is 1. The second kappa shape index (κ2) is 6.61. The van der Waals surface area contributed by atoms with Crippen LogP contribution in [0.15, 0.2) is 28.7 Å². The number of nitrogens with zero attached hydrogens (tertiary/aromatic N) is 2. The third-order valence-corrected chi connectivity index (χ3v) is 5.57. The molecule has 0 spiro atoms. The van der Waals surface area contributed by atoms with Gasteiger partial charge in [-0.25, -0.2) is 0 Å². The number of carbonyl (C=O) groups excluding carboxylic acids is 2. The highest BCUT2D eigenvalue weighted by Crippen LogP contribution is 2.33. The second-order valence-electron chi connectivity index (χ2n) is 6.53. The van der Waals surface area contributed by atoms with Crippen LogP contribution in [0.2, 0.25) is 0 Å². The third-order valence-electron chi connectivity index (χ3n) is 4.90. The summed E-state index contributed by atoms with van der Waals surface area (Å²) in [6.07, 6.45) is 1.24. The number of para-hydroxylation sites is 1. The number of anilines is 1. The first-order valence-electron chi connectivity index (χ1n) is 8.06. The van der Waals surface area contributed by atoms with Crippen molar-refractivity contribution in [2.45, 2.75) is 25.8 Å². The van der Waals surface area contributed by atoms with Crippen LogP contribution in [0.1, 0.15) is 19.8 Å². The van der Waals surface area contributed by atoms with E-state index in [9.17, 15) is 9.59 Å². The van der Waals surface area contributed by atoms with Crippen LogP contribution in [-0.2, 0) is 9.59 Å². The van der Waals surface area contributed by atoms with Gasteiger partial charge in [-0.2, -0.15) is 0 Å². The molecule has 2 fully saturated rings. The van der Waals surface area contributed by atoms with Crippen LogP contribution in [0.3, 0.4) is 0 Å². The van der Waals surface area contributed by atoms with E-state index in [1.54, 1.807) is 4.90 Å². The fourth-order valence-electron chi connectivity index (χ4n) is 3.63. The van der Waals surface area contributed by atoms with Gasteiger partial charge in [0.25, 0.3) is 0 Å². The maximum atomic E-state index is 12.8. The molecule has 1 aromatic carbocycles. The van der Waals surface area contributed by atoms with Crippen molar-refractivity contribution in [1.82, 2.24) is 4.90 Å². The molecule has 2 aliphatic rings. The first kappa shape index (κ1) is 16.5. The minimum Gasteiger partial charge on any atom is -0.339 e. The highest BCUT2D eigenvalue weighted by atomic mass is 79.9. The predicted molar refractivity (Wildman–Crippen MR) is 92.9 cm³/mol. The largest absolute Gasteiger partial charge is 0.339 e. The molecule has 2 heterocycles. The van der Waals surface area contributed by atoms with E-state index in [0.717, 1.165) is 23.1 Å². The predicted octanol–water partition coefficient (Wildman–Crippen LogP) is 2.00. The van der Waals surface area contributed by atoms with Crippen LogP contribution >= 0.6 is 15.9 Å². The number of hydrogen-bond acceptors (Lipinski definition) is 3.